The van der Waals surface area contributed by atoms with Gasteiger partial charge in [0.2, 0.25) is 0 Å². The van der Waals surface area contributed by atoms with Crippen molar-refractivity contribution >= 4 is 34.2 Å². The molecule has 0 aliphatic carbocycles. The first kappa shape index (κ1) is 17.4. The van der Waals surface area contributed by atoms with Gasteiger partial charge in [-0.25, -0.2) is 9.97 Å². The van der Waals surface area contributed by atoms with E-state index in [0.29, 0.717) is 33.9 Å². The van der Waals surface area contributed by atoms with E-state index in [0.717, 1.165) is 16.0 Å². The van der Waals surface area contributed by atoms with Gasteiger partial charge in [-0.15, -0.1) is 11.3 Å². The summed E-state index contributed by atoms with van der Waals surface area (Å²) in [5, 5.41) is 7.46. The molecule has 0 saturated heterocycles. The molecule has 6 nitrogen and oxygen atoms in total. The van der Waals surface area contributed by atoms with Crippen molar-refractivity contribution < 1.29 is 9.32 Å². The standard InChI is InChI=1S/C20H18N4O2S/c1-10-5-6-17(21-9-10)23-19(25)15-8-16(14-7-11(2)27-13(14)4)22-20-18(15)12(3)24-26-20/h5-9H,1-4H3,(H,21,23,25). The van der Waals surface area contributed by atoms with Crippen LogP contribution in [-0.4, -0.2) is 21.0 Å². The maximum Gasteiger partial charge on any atom is 0.259 e. The van der Waals surface area contributed by atoms with Crippen LogP contribution in [0, 0.1) is 27.7 Å². The van der Waals surface area contributed by atoms with Crippen LogP contribution in [0.4, 0.5) is 5.82 Å². The summed E-state index contributed by atoms with van der Waals surface area (Å²) in [6, 6.07) is 7.54. The molecule has 0 radical (unpaired) electrons. The van der Waals surface area contributed by atoms with Gasteiger partial charge in [0.1, 0.15) is 5.82 Å². The van der Waals surface area contributed by atoms with Gasteiger partial charge in [-0.2, -0.15) is 0 Å². The molecule has 27 heavy (non-hydrogen) atoms. The van der Waals surface area contributed by atoms with Crippen LogP contribution in [0.15, 0.2) is 35.0 Å². The number of fused-ring (bicyclic) bond motifs is 1. The van der Waals surface area contributed by atoms with Crippen molar-refractivity contribution in [1.82, 2.24) is 15.1 Å². The predicted molar refractivity (Wildman–Crippen MR) is 106 cm³/mol. The SMILES string of the molecule is Cc1ccc(NC(=O)c2cc(-c3cc(C)sc3C)nc3onc(C)c23)nc1. The predicted octanol–water partition coefficient (Wildman–Crippen LogP) is 4.83. The summed E-state index contributed by atoms with van der Waals surface area (Å²) in [6.45, 7) is 7.84. The van der Waals surface area contributed by atoms with E-state index in [1.165, 1.54) is 4.88 Å². The van der Waals surface area contributed by atoms with E-state index >= 15 is 0 Å². The third kappa shape index (κ3) is 3.21. The summed E-state index contributed by atoms with van der Waals surface area (Å²) < 4.78 is 5.36. The molecule has 0 aliphatic heterocycles. The summed E-state index contributed by atoms with van der Waals surface area (Å²) in [5.41, 5.74) is 4.18. The first-order chi connectivity index (χ1) is 12.9. The van der Waals surface area contributed by atoms with Crippen molar-refractivity contribution in [3.05, 3.63) is 57.0 Å². The Balaban J connectivity index is 1.82. The summed E-state index contributed by atoms with van der Waals surface area (Å²) in [4.78, 5) is 24.2. The van der Waals surface area contributed by atoms with E-state index in [2.05, 4.69) is 33.4 Å². The Hall–Kier alpha value is -3.06. The highest BCUT2D eigenvalue weighted by atomic mass is 32.1. The molecule has 0 aliphatic rings. The Morgan fingerprint density at radius 3 is 2.63 bits per heavy atom. The first-order valence-corrected chi connectivity index (χ1v) is 9.32. The minimum absolute atomic E-state index is 0.268. The van der Waals surface area contributed by atoms with E-state index in [4.69, 9.17) is 4.52 Å². The van der Waals surface area contributed by atoms with E-state index in [9.17, 15) is 4.79 Å². The largest absolute Gasteiger partial charge is 0.335 e. The van der Waals surface area contributed by atoms with Crippen molar-refractivity contribution in [3.8, 4) is 11.3 Å². The fraction of sp³-hybridized carbons (Fsp3) is 0.200. The lowest BCUT2D eigenvalue weighted by Gasteiger charge is -2.08. The summed E-state index contributed by atoms with van der Waals surface area (Å²) >= 11 is 1.70. The van der Waals surface area contributed by atoms with E-state index in [-0.39, 0.29) is 5.91 Å². The third-order valence-corrected chi connectivity index (χ3v) is 5.30. The van der Waals surface area contributed by atoms with Gasteiger partial charge in [-0.1, -0.05) is 11.2 Å². The van der Waals surface area contributed by atoms with Crippen molar-refractivity contribution in [3.63, 3.8) is 0 Å². The summed E-state index contributed by atoms with van der Waals surface area (Å²) in [7, 11) is 0. The smallest absolute Gasteiger partial charge is 0.259 e. The topological polar surface area (TPSA) is 80.9 Å². The van der Waals surface area contributed by atoms with Crippen molar-refractivity contribution in [1.29, 1.82) is 0 Å². The lowest BCUT2D eigenvalue weighted by molar-refractivity contribution is 0.102. The molecular formula is C20H18N4O2S. The number of carbonyl (C=O) groups is 1. The third-order valence-electron chi connectivity index (χ3n) is 4.33. The second-order valence-corrected chi connectivity index (χ2v) is 7.97. The number of anilines is 1. The number of carbonyl (C=O) groups excluding carboxylic acids is 1. The average Bonchev–Trinajstić information content (AvgIpc) is 3.18. The highest BCUT2D eigenvalue weighted by Crippen LogP contribution is 2.33. The maximum absolute atomic E-state index is 13.0. The minimum atomic E-state index is -0.268. The maximum atomic E-state index is 13.0. The molecule has 1 N–H and O–H groups in total. The number of hydrogen-bond acceptors (Lipinski definition) is 6. The molecule has 4 aromatic rings. The zero-order valence-corrected chi connectivity index (χ0v) is 16.3. The van der Waals surface area contributed by atoms with Crippen LogP contribution in [0.2, 0.25) is 0 Å². The van der Waals surface area contributed by atoms with Crippen molar-refractivity contribution in [2.24, 2.45) is 0 Å². The highest BCUT2D eigenvalue weighted by molar-refractivity contribution is 7.12. The van der Waals surface area contributed by atoms with Gasteiger partial charge in [-0.3, -0.25) is 4.79 Å². The fourth-order valence-corrected chi connectivity index (χ4v) is 3.96. The lowest BCUT2D eigenvalue weighted by Crippen LogP contribution is -2.14. The number of nitrogens with one attached hydrogen (secondary N) is 1. The number of rotatable bonds is 3. The van der Waals surface area contributed by atoms with Crippen LogP contribution in [0.3, 0.4) is 0 Å². The minimum Gasteiger partial charge on any atom is -0.335 e. The van der Waals surface area contributed by atoms with Gasteiger partial charge in [-0.05, 0) is 51.5 Å². The average molecular weight is 378 g/mol. The van der Waals surface area contributed by atoms with E-state index in [1.807, 2.05) is 19.9 Å². The van der Waals surface area contributed by atoms with Gasteiger partial charge in [0, 0.05) is 21.5 Å². The van der Waals surface area contributed by atoms with Gasteiger partial charge in [0.25, 0.3) is 11.6 Å². The molecule has 0 atom stereocenters. The normalized spacial score (nSPS) is 11.1. The molecular weight excluding hydrogens is 360 g/mol. The van der Waals surface area contributed by atoms with Gasteiger partial charge < -0.3 is 9.84 Å². The quantitative estimate of drug-likeness (QED) is 0.552. The van der Waals surface area contributed by atoms with Crippen LogP contribution in [0.1, 0.15) is 31.4 Å². The van der Waals surface area contributed by atoms with Crippen LogP contribution in [0.5, 0.6) is 0 Å². The molecule has 1 amide bonds. The Labute approximate surface area is 160 Å². The summed E-state index contributed by atoms with van der Waals surface area (Å²) in [5.74, 6) is 0.227. The molecule has 4 aromatic heterocycles. The Kier molecular flexibility index (Phi) is 4.24. The molecule has 136 valence electrons. The monoisotopic (exact) mass is 378 g/mol. The number of nitrogens with zero attached hydrogens (tertiary/aromatic N) is 3. The highest BCUT2D eigenvalue weighted by Gasteiger charge is 2.21. The van der Waals surface area contributed by atoms with Crippen LogP contribution in [0.25, 0.3) is 22.4 Å². The molecule has 0 aromatic carbocycles. The van der Waals surface area contributed by atoms with Gasteiger partial charge >= 0.3 is 0 Å². The fourth-order valence-electron chi connectivity index (χ4n) is 3.02. The zero-order valence-electron chi connectivity index (χ0n) is 15.5. The zero-order chi connectivity index (χ0) is 19.1. The molecule has 0 bridgehead atoms. The first-order valence-electron chi connectivity index (χ1n) is 8.51. The number of pyridine rings is 2. The molecule has 7 heteroatoms. The second kappa shape index (κ2) is 6.59. The Morgan fingerprint density at radius 2 is 1.96 bits per heavy atom. The van der Waals surface area contributed by atoms with Crippen LogP contribution < -0.4 is 5.32 Å². The van der Waals surface area contributed by atoms with E-state index < -0.39 is 0 Å². The van der Waals surface area contributed by atoms with Gasteiger partial charge in [0.15, 0.2) is 0 Å². The Morgan fingerprint density at radius 1 is 1.15 bits per heavy atom. The van der Waals surface area contributed by atoms with Gasteiger partial charge in [0.05, 0.1) is 22.3 Å². The Bertz CT molecular complexity index is 1160. The summed E-state index contributed by atoms with van der Waals surface area (Å²) in [6.07, 6.45) is 1.71. The number of amides is 1. The van der Waals surface area contributed by atoms with Crippen LogP contribution in [-0.2, 0) is 0 Å². The van der Waals surface area contributed by atoms with E-state index in [1.54, 1.807) is 36.6 Å². The number of thiophene rings is 1. The molecule has 0 saturated carbocycles. The number of hydrogen-bond donors (Lipinski definition) is 1. The molecule has 0 spiro atoms. The number of aromatic nitrogens is 3. The molecule has 0 fully saturated rings. The lowest BCUT2D eigenvalue weighted by atomic mass is 10.1. The van der Waals surface area contributed by atoms with Crippen molar-refractivity contribution in [2.75, 3.05) is 5.32 Å². The van der Waals surface area contributed by atoms with Crippen LogP contribution >= 0.6 is 11.3 Å². The molecule has 4 rings (SSSR count). The van der Waals surface area contributed by atoms with Crippen molar-refractivity contribution in [2.45, 2.75) is 27.7 Å². The molecule has 4 heterocycles. The number of aryl methyl sites for hydroxylation is 4. The second-order valence-electron chi connectivity index (χ2n) is 6.51. The molecule has 0 unspecified atom stereocenters.